The molecule has 0 unspecified atom stereocenters. The van der Waals surface area contributed by atoms with Crippen LogP contribution in [0.15, 0.2) is 24.5 Å². The molecule has 7 heteroatoms. The van der Waals surface area contributed by atoms with Crippen molar-refractivity contribution in [2.45, 2.75) is 38.1 Å². The summed E-state index contributed by atoms with van der Waals surface area (Å²) in [4.78, 5) is 21.2. The van der Waals surface area contributed by atoms with Crippen molar-refractivity contribution in [3.05, 3.63) is 30.2 Å². The van der Waals surface area contributed by atoms with Gasteiger partial charge in [0, 0.05) is 37.3 Å². The molecule has 1 aliphatic carbocycles. The molecule has 4 rings (SSSR count). The van der Waals surface area contributed by atoms with Gasteiger partial charge in [-0.2, -0.15) is 5.10 Å². The summed E-state index contributed by atoms with van der Waals surface area (Å²) < 4.78 is 1.89. The summed E-state index contributed by atoms with van der Waals surface area (Å²) in [5, 5.41) is 11.2. The molecule has 0 aromatic carbocycles. The van der Waals surface area contributed by atoms with Gasteiger partial charge < -0.3 is 10.6 Å². The first-order chi connectivity index (χ1) is 12.3. The lowest BCUT2D eigenvalue weighted by molar-refractivity contribution is -0.125. The van der Waals surface area contributed by atoms with Gasteiger partial charge in [-0.3, -0.25) is 4.79 Å². The van der Waals surface area contributed by atoms with Crippen molar-refractivity contribution in [1.82, 2.24) is 30.4 Å². The quantitative estimate of drug-likeness (QED) is 0.803. The molecular weight excluding hydrogens is 316 g/mol. The Morgan fingerprint density at radius 3 is 3.00 bits per heavy atom. The van der Waals surface area contributed by atoms with Gasteiger partial charge in [0.2, 0.25) is 5.91 Å². The van der Waals surface area contributed by atoms with E-state index in [0.717, 1.165) is 55.6 Å². The highest BCUT2D eigenvalue weighted by Gasteiger charge is 2.24. The van der Waals surface area contributed by atoms with Crippen LogP contribution in [-0.4, -0.2) is 45.3 Å². The molecule has 2 N–H and O–H groups in total. The third-order valence-corrected chi connectivity index (χ3v) is 5.10. The van der Waals surface area contributed by atoms with Crippen LogP contribution in [0.3, 0.4) is 0 Å². The zero-order valence-electron chi connectivity index (χ0n) is 14.3. The SMILES string of the molecule is O=C(NCCn1nc([C@H]2CCNC2)c2nccnc21)[C@@H]1CC=CCC1. The van der Waals surface area contributed by atoms with Crippen molar-refractivity contribution in [3.63, 3.8) is 0 Å². The smallest absolute Gasteiger partial charge is 0.223 e. The van der Waals surface area contributed by atoms with E-state index in [2.05, 4.69) is 32.8 Å². The molecular formula is C18H24N6O. The van der Waals surface area contributed by atoms with E-state index >= 15 is 0 Å². The topological polar surface area (TPSA) is 84.7 Å². The number of hydrogen-bond acceptors (Lipinski definition) is 5. The maximum atomic E-state index is 12.3. The summed E-state index contributed by atoms with van der Waals surface area (Å²) in [5.41, 5.74) is 2.72. The zero-order valence-corrected chi connectivity index (χ0v) is 14.3. The molecule has 2 aromatic heterocycles. The molecule has 7 nitrogen and oxygen atoms in total. The van der Waals surface area contributed by atoms with E-state index in [4.69, 9.17) is 5.10 Å². The third-order valence-electron chi connectivity index (χ3n) is 5.10. The van der Waals surface area contributed by atoms with Gasteiger partial charge in [0.1, 0.15) is 5.52 Å². The van der Waals surface area contributed by atoms with E-state index in [0.29, 0.717) is 19.0 Å². The number of aromatic nitrogens is 4. The number of allylic oxidation sites excluding steroid dienone is 2. The number of nitrogens with zero attached hydrogens (tertiary/aromatic N) is 4. The van der Waals surface area contributed by atoms with Gasteiger partial charge in [-0.1, -0.05) is 12.2 Å². The van der Waals surface area contributed by atoms with Crippen molar-refractivity contribution in [1.29, 1.82) is 0 Å². The van der Waals surface area contributed by atoms with Crippen LogP contribution in [0.25, 0.3) is 11.2 Å². The van der Waals surface area contributed by atoms with Crippen molar-refractivity contribution in [2.24, 2.45) is 5.92 Å². The summed E-state index contributed by atoms with van der Waals surface area (Å²) in [5.74, 6) is 0.649. The molecule has 132 valence electrons. The van der Waals surface area contributed by atoms with Gasteiger partial charge >= 0.3 is 0 Å². The Morgan fingerprint density at radius 1 is 1.28 bits per heavy atom. The van der Waals surface area contributed by atoms with Gasteiger partial charge in [0.05, 0.1) is 12.2 Å². The Balaban J connectivity index is 1.44. The predicted molar refractivity (Wildman–Crippen MR) is 95.0 cm³/mol. The van der Waals surface area contributed by atoms with Gasteiger partial charge in [0.25, 0.3) is 0 Å². The summed E-state index contributed by atoms with van der Waals surface area (Å²) >= 11 is 0. The molecule has 0 spiro atoms. The fourth-order valence-corrected chi connectivity index (χ4v) is 3.71. The number of amides is 1. The first-order valence-corrected chi connectivity index (χ1v) is 9.14. The van der Waals surface area contributed by atoms with Crippen LogP contribution >= 0.6 is 0 Å². The lowest BCUT2D eigenvalue weighted by atomic mass is 9.94. The van der Waals surface area contributed by atoms with Crippen molar-refractivity contribution < 1.29 is 4.79 Å². The second-order valence-electron chi connectivity index (χ2n) is 6.80. The Kier molecular flexibility index (Phi) is 4.74. The number of carbonyl (C=O) groups excluding carboxylic acids is 1. The average Bonchev–Trinajstić information content (AvgIpc) is 3.30. The van der Waals surface area contributed by atoms with Crippen LogP contribution in [-0.2, 0) is 11.3 Å². The fourth-order valence-electron chi connectivity index (χ4n) is 3.71. The van der Waals surface area contributed by atoms with Crippen molar-refractivity contribution in [3.8, 4) is 0 Å². The Morgan fingerprint density at radius 2 is 2.20 bits per heavy atom. The molecule has 2 aromatic rings. The van der Waals surface area contributed by atoms with Crippen LogP contribution in [0.1, 0.15) is 37.3 Å². The van der Waals surface area contributed by atoms with E-state index in [1.807, 2.05) is 4.68 Å². The molecule has 0 bridgehead atoms. The predicted octanol–water partition coefficient (Wildman–Crippen LogP) is 1.38. The van der Waals surface area contributed by atoms with Crippen LogP contribution < -0.4 is 10.6 Å². The molecule has 1 aliphatic heterocycles. The molecule has 2 atom stereocenters. The maximum absolute atomic E-state index is 12.3. The van der Waals surface area contributed by atoms with E-state index in [1.165, 1.54) is 0 Å². The fraction of sp³-hybridized carbons (Fsp3) is 0.556. The normalized spacial score (nSPS) is 23.2. The molecule has 0 radical (unpaired) electrons. The van der Waals surface area contributed by atoms with Crippen LogP contribution in [0.4, 0.5) is 0 Å². The summed E-state index contributed by atoms with van der Waals surface area (Å²) in [7, 11) is 0. The van der Waals surface area contributed by atoms with Gasteiger partial charge in [-0.05, 0) is 32.2 Å². The summed E-state index contributed by atoms with van der Waals surface area (Å²) in [6.07, 6.45) is 11.5. The standard InChI is InChI=1S/C18H24N6O/c25-18(13-4-2-1-3-5-13)22-10-11-24-17-16(20-8-9-21-17)15(23-24)14-6-7-19-12-14/h1-2,8-9,13-14,19H,3-7,10-12H2,(H,22,25)/t13-,14+/m1/s1. The number of fused-ring (bicyclic) bond motifs is 1. The first-order valence-electron chi connectivity index (χ1n) is 9.14. The number of nitrogens with one attached hydrogen (secondary N) is 2. The Bertz CT molecular complexity index is 777. The lowest BCUT2D eigenvalue weighted by Gasteiger charge is -2.17. The van der Waals surface area contributed by atoms with E-state index in [-0.39, 0.29) is 11.8 Å². The van der Waals surface area contributed by atoms with E-state index in [1.54, 1.807) is 12.4 Å². The zero-order chi connectivity index (χ0) is 17.1. The largest absolute Gasteiger partial charge is 0.354 e. The maximum Gasteiger partial charge on any atom is 0.223 e. The number of rotatable bonds is 5. The second-order valence-corrected chi connectivity index (χ2v) is 6.80. The molecule has 1 fully saturated rings. The highest BCUT2D eigenvalue weighted by atomic mass is 16.1. The van der Waals surface area contributed by atoms with Gasteiger partial charge in [-0.15, -0.1) is 0 Å². The minimum absolute atomic E-state index is 0.110. The number of hydrogen-bond donors (Lipinski definition) is 2. The van der Waals surface area contributed by atoms with Gasteiger partial charge in [-0.25, -0.2) is 14.6 Å². The Hall–Kier alpha value is -2.28. The number of carbonyl (C=O) groups is 1. The molecule has 0 saturated carbocycles. The Labute approximate surface area is 146 Å². The van der Waals surface area contributed by atoms with E-state index < -0.39 is 0 Å². The molecule has 1 saturated heterocycles. The summed E-state index contributed by atoms with van der Waals surface area (Å²) in [6.45, 7) is 3.14. The average molecular weight is 340 g/mol. The van der Waals surface area contributed by atoms with Crippen molar-refractivity contribution >= 4 is 17.1 Å². The summed E-state index contributed by atoms with van der Waals surface area (Å²) in [6, 6.07) is 0. The van der Waals surface area contributed by atoms with Crippen LogP contribution in [0.2, 0.25) is 0 Å². The minimum Gasteiger partial charge on any atom is -0.354 e. The van der Waals surface area contributed by atoms with Crippen LogP contribution in [0.5, 0.6) is 0 Å². The van der Waals surface area contributed by atoms with Crippen LogP contribution in [0, 0.1) is 5.92 Å². The lowest BCUT2D eigenvalue weighted by Crippen LogP contribution is -2.33. The molecule has 1 amide bonds. The molecule has 3 heterocycles. The highest BCUT2D eigenvalue weighted by Crippen LogP contribution is 2.26. The van der Waals surface area contributed by atoms with E-state index in [9.17, 15) is 4.79 Å². The molecule has 2 aliphatic rings. The first kappa shape index (κ1) is 16.2. The third kappa shape index (κ3) is 3.42. The monoisotopic (exact) mass is 340 g/mol. The highest BCUT2D eigenvalue weighted by molar-refractivity contribution is 5.79. The minimum atomic E-state index is 0.110. The van der Waals surface area contributed by atoms with Gasteiger partial charge in [0.15, 0.2) is 5.65 Å². The second kappa shape index (κ2) is 7.31. The van der Waals surface area contributed by atoms with Crippen molar-refractivity contribution in [2.75, 3.05) is 19.6 Å². The molecule has 25 heavy (non-hydrogen) atoms.